The molecule has 1 rings (SSSR count). The average molecular weight is 242 g/mol. The summed E-state index contributed by atoms with van der Waals surface area (Å²) in [4.78, 5) is 24.9. The third-order valence-electron chi connectivity index (χ3n) is 2.44. The molecule has 1 heterocycles. The topological polar surface area (TPSA) is 110 Å². The Morgan fingerprint density at radius 2 is 2.12 bits per heavy atom. The van der Waals surface area contributed by atoms with Gasteiger partial charge in [-0.2, -0.15) is 0 Å². The number of carboxylic acids is 1. The molecule has 17 heavy (non-hydrogen) atoms. The number of aryl methyl sites for hydroxylation is 1. The van der Waals surface area contributed by atoms with E-state index in [1.165, 1.54) is 18.4 Å². The molecule has 94 valence electrons. The van der Waals surface area contributed by atoms with Gasteiger partial charge in [-0.05, 0) is 23.8 Å². The lowest BCUT2D eigenvalue weighted by Crippen LogP contribution is -2.40. The molecule has 0 radical (unpaired) electrons. The van der Waals surface area contributed by atoms with Crippen LogP contribution in [-0.4, -0.2) is 31.1 Å². The van der Waals surface area contributed by atoms with Crippen molar-refractivity contribution in [3.05, 3.63) is 15.9 Å². The van der Waals surface area contributed by atoms with Gasteiger partial charge in [0.2, 0.25) is 11.6 Å². The highest BCUT2D eigenvalue weighted by Gasteiger charge is 2.33. The lowest BCUT2D eigenvalue weighted by molar-refractivity contribution is -0.388. The van der Waals surface area contributed by atoms with Crippen molar-refractivity contribution in [3.8, 4) is 0 Å². The SMILES string of the molecule is Cc1nc([N+](=O)[O-])c(NC(C)(C)C(=O)O)n1C. The van der Waals surface area contributed by atoms with Gasteiger partial charge in [0.05, 0.1) is 0 Å². The summed E-state index contributed by atoms with van der Waals surface area (Å²) in [5.74, 6) is -0.967. The highest BCUT2D eigenvalue weighted by molar-refractivity contribution is 5.82. The molecule has 0 unspecified atom stereocenters. The molecule has 0 aliphatic rings. The minimum atomic E-state index is -1.31. The van der Waals surface area contributed by atoms with E-state index in [0.29, 0.717) is 5.82 Å². The van der Waals surface area contributed by atoms with Crippen LogP contribution in [0.5, 0.6) is 0 Å². The van der Waals surface area contributed by atoms with E-state index >= 15 is 0 Å². The summed E-state index contributed by atoms with van der Waals surface area (Å²) in [5.41, 5.74) is -1.31. The van der Waals surface area contributed by atoms with Crippen molar-refractivity contribution < 1.29 is 14.8 Å². The average Bonchev–Trinajstić information content (AvgIpc) is 2.45. The summed E-state index contributed by atoms with van der Waals surface area (Å²) in [7, 11) is 1.58. The first-order valence-electron chi connectivity index (χ1n) is 4.86. The van der Waals surface area contributed by atoms with E-state index in [-0.39, 0.29) is 11.6 Å². The van der Waals surface area contributed by atoms with E-state index in [0.717, 1.165) is 0 Å². The Kier molecular flexibility index (Phi) is 3.08. The lowest BCUT2D eigenvalue weighted by atomic mass is 10.1. The number of carboxylic acid groups (broad SMARTS) is 1. The molecule has 0 aliphatic heterocycles. The Labute approximate surface area is 97.4 Å². The Morgan fingerprint density at radius 3 is 2.53 bits per heavy atom. The number of hydrogen-bond donors (Lipinski definition) is 2. The minimum absolute atomic E-state index is 0.0832. The number of nitrogens with one attached hydrogen (secondary N) is 1. The van der Waals surface area contributed by atoms with Crippen LogP contribution in [-0.2, 0) is 11.8 Å². The third-order valence-corrected chi connectivity index (χ3v) is 2.44. The zero-order chi connectivity index (χ0) is 13.4. The number of carbonyl (C=O) groups is 1. The highest BCUT2D eigenvalue weighted by atomic mass is 16.6. The van der Waals surface area contributed by atoms with Crippen LogP contribution in [0.4, 0.5) is 11.6 Å². The molecular weight excluding hydrogens is 228 g/mol. The molecule has 0 fully saturated rings. The van der Waals surface area contributed by atoms with Crippen molar-refractivity contribution in [2.75, 3.05) is 5.32 Å². The highest BCUT2D eigenvalue weighted by Crippen LogP contribution is 2.26. The number of anilines is 1. The van der Waals surface area contributed by atoms with E-state index in [4.69, 9.17) is 5.11 Å². The standard InChI is InChI=1S/C9H14N4O4/c1-5-10-6(13(16)17)7(12(5)4)11-9(2,3)8(14)15/h11H,1-4H3,(H,14,15). The maximum absolute atomic E-state index is 11.0. The van der Waals surface area contributed by atoms with Crippen molar-refractivity contribution in [2.45, 2.75) is 26.3 Å². The largest absolute Gasteiger partial charge is 0.480 e. The van der Waals surface area contributed by atoms with Crippen molar-refractivity contribution in [2.24, 2.45) is 7.05 Å². The number of hydrogen-bond acceptors (Lipinski definition) is 5. The van der Waals surface area contributed by atoms with Gasteiger partial charge in [0.15, 0.2) is 0 Å². The first kappa shape index (κ1) is 12.9. The quantitative estimate of drug-likeness (QED) is 0.599. The zero-order valence-electron chi connectivity index (χ0n) is 10.0. The normalized spacial score (nSPS) is 11.3. The summed E-state index contributed by atoms with van der Waals surface area (Å²) >= 11 is 0. The maximum atomic E-state index is 11.0. The molecule has 8 heteroatoms. The first-order valence-corrected chi connectivity index (χ1v) is 4.86. The van der Waals surface area contributed by atoms with Gasteiger partial charge in [-0.25, -0.2) is 4.79 Å². The van der Waals surface area contributed by atoms with Gasteiger partial charge >= 0.3 is 11.8 Å². The Bertz CT molecular complexity index is 478. The molecule has 2 N–H and O–H groups in total. The summed E-state index contributed by atoms with van der Waals surface area (Å²) in [5, 5.41) is 22.4. The number of nitrogens with zero attached hydrogens (tertiary/aromatic N) is 3. The Hall–Kier alpha value is -2.12. The smallest absolute Gasteiger partial charge is 0.406 e. The summed E-state index contributed by atoms with van der Waals surface area (Å²) < 4.78 is 1.45. The lowest BCUT2D eigenvalue weighted by Gasteiger charge is -2.21. The van der Waals surface area contributed by atoms with Crippen LogP contribution in [0, 0.1) is 17.0 Å². The minimum Gasteiger partial charge on any atom is -0.480 e. The van der Waals surface area contributed by atoms with Crippen LogP contribution in [0.1, 0.15) is 19.7 Å². The number of imidazole rings is 1. The van der Waals surface area contributed by atoms with Crippen LogP contribution >= 0.6 is 0 Å². The van der Waals surface area contributed by atoms with Gasteiger partial charge in [0.25, 0.3) is 0 Å². The molecule has 0 aromatic carbocycles. The predicted octanol–water partition coefficient (Wildman–Crippen LogP) is 0.912. The molecule has 1 aromatic rings. The van der Waals surface area contributed by atoms with Gasteiger partial charge in [-0.3, -0.25) is 4.57 Å². The van der Waals surface area contributed by atoms with Crippen LogP contribution in [0.15, 0.2) is 0 Å². The third kappa shape index (κ3) is 2.35. The van der Waals surface area contributed by atoms with Crippen molar-refractivity contribution in [1.82, 2.24) is 9.55 Å². The fourth-order valence-electron chi connectivity index (χ4n) is 1.21. The molecule has 0 saturated heterocycles. The summed E-state index contributed by atoms with van der Waals surface area (Å²) in [6, 6.07) is 0. The van der Waals surface area contributed by atoms with Gasteiger partial charge < -0.3 is 20.5 Å². The van der Waals surface area contributed by atoms with E-state index in [9.17, 15) is 14.9 Å². The van der Waals surface area contributed by atoms with Crippen LogP contribution in [0.2, 0.25) is 0 Å². The second-order valence-electron chi connectivity index (χ2n) is 4.20. The molecule has 8 nitrogen and oxygen atoms in total. The van der Waals surface area contributed by atoms with Crippen molar-refractivity contribution >= 4 is 17.6 Å². The van der Waals surface area contributed by atoms with E-state index in [1.54, 1.807) is 14.0 Å². The number of rotatable bonds is 4. The van der Waals surface area contributed by atoms with E-state index < -0.39 is 16.4 Å². The van der Waals surface area contributed by atoms with Crippen LogP contribution in [0.3, 0.4) is 0 Å². The molecular formula is C9H14N4O4. The summed E-state index contributed by atoms with van der Waals surface area (Å²) in [6.45, 7) is 4.44. The van der Waals surface area contributed by atoms with Crippen LogP contribution < -0.4 is 5.32 Å². The monoisotopic (exact) mass is 242 g/mol. The fourth-order valence-corrected chi connectivity index (χ4v) is 1.21. The molecule has 1 aromatic heterocycles. The molecule has 0 saturated carbocycles. The van der Waals surface area contributed by atoms with Crippen LogP contribution in [0.25, 0.3) is 0 Å². The second kappa shape index (κ2) is 4.04. The van der Waals surface area contributed by atoms with Gasteiger partial charge in [-0.1, -0.05) is 0 Å². The molecule has 0 atom stereocenters. The molecule has 0 amide bonds. The number of aromatic nitrogens is 2. The molecule has 0 bridgehead atoms. The zero-order valence-corrected chi connectivity index (χ0v) is 10.0. The van der Waals surface area contributed by atoms with Crippen molar-refractivity contribution in [3.63, 3.8) is 0 Å². The van der Waals surface area contributed by atoms with Crippen molar-refractivity contribution in [1.29, 1.82) is 0 Å². The first-order chi connectivity index (χ1) is 7.66. The number of aliphatic carboxylic acids is 1. The predicted molar refractivity (Wildman–Crippen MR) is 59.9 cm³/mol. The molecule has 0 spiro atoms. The number of nitro groups is 1. The second-order valence-corrected chi connectivity index (χ2v) is 4.20. The maximum Gasteiger partial charge on any atom is 0.406 e. The Balaban J connectivity index is 3.22. The van der Waals surface area contributed by atoms with E-state index in [2.05, 4.69) is 10.3 Å². The van der Waals surface area contributed by atoms with Gasteiger partial charge in [0.1, 0.15) is 5.54 Å². The summed E-state index contributed by atoms with van der Waals surface area (Å²) in [6.07, 6.45) is 0. The Morgan fingerprint density at radius 1 is 1.59 bits per heavy atom. The van der Waals surface area contributed by atoms with Gasteiger partial charge in [0, 0.05) is 14.0 Å². The fraction of sp³-hybridized carbons (Fsp3) is 0.556. The van der Waals surface area contributed by atoms with Gasteiger partial charge in [-0.15, -0.1) is 0 Å². The van der Waals surface area contributed by atoms with E-state index in [1.807, 2.05) is 0 Å². The molecule has 0 aliphatic carbocycles.